The highest BCUT2D eigenvalue weighted by Crippen LogP contribution is 2.33. The van der Waals surface area contributed by atoms with E-state index in [9.17, 15) is 13.2 Å². The Bertz CT molecular complexity index is 1300. The summed E-state index contributed by atoms with van der Waals surface area (Å²) in [7, 11) is 0. The molecule has 5 rings (SSSR count). The summed E-state index contributed by atoms with van der Waals surface area (Å²) in [6, 6.07) is 19.2. The monoisotopic (exact) mass is 378 g/mol. The van der Waals surface area contributed by atoms with E-state index in [1.165, 1.54) is 6.07 Å². The van der Waals surface area contributed by atoms with E-state index < -0.39 is 11.9 Å². The highest BCUT2D eigenvalue weighted by Gasteiger charge is 2.33. The zero-order chi connectivity index (χ0) is 19.3. The molecule has 0 spiro atoms. The number of alkyl halides is 3. The molecule has 0 radical (unpaired) electrons. The van der Waals surface area contributed by atoms with Crippen LogP contribution in [0.1, 0.15) is 5.69 Å². The molecule has 0 aliphatic rings. The van der Waals surface area contributed by atoms with Gasteiger partial charge in [-0.1, -0.05) is 30.3 Å². The van der Waals surface area contributed by atoms with Crippen molar-refractivity contribution in [2.75, 3.05) is 0 Å². The molecular formula is C21H13F3N4. The number of H-pyrrole nitrogens is 1. The molecule has 0 saturated carbocycles. The molecule has 2 aromatic carbocycles. The molecule has 0 amide bonds. The first kappa shape index (κ1) is 16.6. The fourth-order valence-corrected chi connectivity index (χ4v) is 3.32. The summed E-state index contributed by atoms with van der Waals surface area (Å²) in [5.74, 6) is 0.539. The molecule has 0 unspecified atom stereocenters. The largest absolute Gasteiger partial charge is 0.433 e. The van der Waals surface area contributed by atoms with Crippen LogP contribution in [0.4, 0.5) is 13.2 Å². The van der Waals surface area contributed by atoms with Gasteiger partial charge in [-0.3, -0.25) is 4.57 Å². The first-order valence-electron chi connectivity index (χ1n) is 8.60. The molecule has 5 aromatic rings. The Labute approximate surface area is 157 Å². The topological polar surface area (TPSA) is 46.5 Å². The highest BCUT2D eigenvalue weighted by molar-refractivity contribution is 5.85. The van der Waals surface area contributed by atoms with Crippen molar-refractivity contribution in [3.63, 3.8) is 0 Å². The van der Waals surface area contributed by atoms with Crippen LogP contribution in [0.2, 0.25) is 0 Å². The van der Waals surface area contributed by atoms with Gasteiger partial charge in [0.25, 0.3) is 0 Å². The van der Waals surface area contributed by atoms with E-state index in [4.69, 9.17) is 0 Å². The van der Waals surface area contributed by atoms with Gasteiger partial charge in [-0.05, 0) is 36.4 Å². The van der Waals surface area contributed by atoms with E-state index in [0.717, 1.165) is 22.5 Å². The number of halogens is 3. The highest BCUT2D eigenvalue weighted by atomic mass is 19.4. The second-order valence-electron chi connectivity index (χ2n) is 6.42. The number of hydrogen-bond acceptors (Lipinski definition) is 2. The predicted molar refractivity (Wildman–Crippen MR) is 101 cm³/mol. The molecule has 28 heavy (non-hydrogen) atoms. The van der Waals surface area contributed by atoms with Crippen molar-refractivity contribution in [1.82, 2.24) is 19.5 Å². The summed E-state index contributed by atoms with van der Waals surface area (Å²) in [5.41, 5.74) is 2.06. The molecule has 138 valence electrons. The molecular weight excluding hydrogens is 365 g/mol. The zero-order valence-electron chi connectivity index (χ0n) is 14.4. The number of nitrogens with one attached hydrogen (secondary N) is 1. The van der Waals surface area contributed by atoms with Gasteiger partial charge in [-0.25, -0.2) is 9.97 Å². The first-order chi connectivity index (χ1) is 13.5. The Morgan fingerprint density at radius 3 is 2.46 bits per heavy atom. The Hall–Kier alpha value is -3.61. The molecule has 0 saturated heterocycles. The Kier molecular flexibility index (Phi) is 3.52. The Morgan fingerprint density at radius 1 is 0.857 bits per heavy atom. The molecule has 1 N–H and O–H groups in total. The third kappa shape index (κ3) is 2.63. The van der Waals surface area contributed by atoms with Crippen molar-refractivity contribution in [2.45, 2.75) is 6.18 Å². The smallest absolute Gasteiger partial charge is 0.361 e. The lowest BCUT2D eigenvalue weighted by atomic mass is 10.2. The van der Waals surface area contributed by atoms with Crippen LogP contribution >= 0.6 is 0 Å². The zero-order valence-corrected chi connectivity index (χ0v) is 14.4. The van der Waals surface area contributed by atoms with Crippen molar-refractivity contribution < 1.29 is 13.2 Å². The van der Waals surface area contributed by atoms with Crippen LogP contribution in [0, 0.1) is 0 Å². The minimum absolute atomic E-state index is 0.170. The second-order valence-corrected chi connectivity index (χ2v) is 6.42. The van der Waals surface area contributed by atoms with Crippen LogP contribution in [0.5, 0.6) is 0 Å². The van der Waals surface area contributed by atoms with Gasteiger partial charge in [0.2, 0.25) is 0 Å². The van der Waals surface area contributed by atoms with Crippen molar-refractivity contribution in [3.05, 3.63) is 78.6 Å². The number of pyridine rings is 1. The van der Waals surface area contributed by atoms with E-state index in [0.29, 0.717) is 17.0 Å². The Balaban J connectivity index is 1.84. The number of fused-ring (bicyclic) bond motifs is 2. The quantitative estimate of drug-likeness (QED) is 0.435. The van der Waals surface area contributed by atoms with E-state index in [1.54, 1.807) is 4.57 Å². The van der Waals surface area contributed by atoms with Gasteiger partial charge in [0.05, 0.1) is 0 Å². The molecule has 0 atom stereocenters. The molecule has 0 aliphatic carbocycles. The number of hydrogen-bond donors (Lipinski definition) is 1. The van der Waals surface area contributed by atoms with Crippen LogP contribution in [0.25, 0.3) is 39.1 Å². The summed E-state index contributed by atoms with van der Waals surface area (Å²) in [5, 5.41) is 0.949. The van der Waals surface area contributed by atoms with Crippen molar-refractivity contribution >= 4 is 22.1 Å². The standard InChI is InChI=1S/C21H13F3N4/c22-21(23,24)18-9-8-17-20(27-18)28(19(26-17)13-4-2-1-3-5-13)15-6-7-16-14(12-15)10-11-25-16/h1-12,25H. The number of benzene rings is 2. The second kappa shape index (κ2) is 5.95. The lowest BCUT2D eigenvalue weighted by Crippen LogP contribution is -2.08. The normalized spacial score (nSPS) is 12.1. The van der Waals surface area contributed by atoms with Crippen molar-refractivity contribution in [3.8, 4) is 17.1 Å². The first-order valence-corrected chi connectivity index (χ1v) is 8.60. The fraction of sp³-hybridized carbons (Fsp3) is 0.0476. The van der Waals surface area contributed by atoms with Crippen molar-refractivity contribution in [2.24, 2.45) is 0 Å². The number of aromatic nitrogens is 4. The van der Waals surface area contributed by atoms with Gasteiger partial charge in [-0.2, -0.15) is 13.2 Å². The average Bonchev–Trinajstić information content (AvgIpc) is 3.31. The van der Waals surface area contributed by atoms with Gasteiger partial charge in [0, 0.05) is 28.4 Å². The maximum atomic E-state index is 13.3. The number of rotatable bonds is 2. The fourth-order valence-electron chi connectivity index (χ4n) is 3.32. The maximum Gasteiger partial charge on any atom is 0.433 e. The van der Waals surface area contributed by atoms with Gasteiger partial charge in [0.15, 0.2) is 5.65 Å². The minimum Gasteiger partial charge on any atom is -0.361 e. The summed E-state index contributed by atoms with van der Waals surface area (Å²) in [6.45, 7) is 0. The Morgan fingerprint density at radius 2 is 1.68 bits per heavy atom. The van der Waals surface area contributed by atoms with E-state index in [2.05, 4.69) is 15.0 Å². The summed E-state index contributed by atoms with van der Waals surface area (Å²) < 4.78 is 41.4. The van der Waals surface area contributed by atoms with Gasteiger partial charge < -0.3 is 4.98 Å². The molecule has 7 heteroatoms. The molecule has 0 aliphatic heterocycles. The van der Waals surface area contributed by atoms with Gasteiger partial charge in [0.1, 0.15) is 17.0 Å². The van der Waals surface area contributed by atoms with Crippen LogP contribution in [-0.2, 0) is 6.18 Å². The van der Waals surface area contributed by atoms with Crippen LogP contribution < -0.4 is 0 Å². The van der Waals surface area contributed by atoms with Crippen LogP contribution in [-0.4, -0.2) is 19.5 Å². The molecule has 3 aromatic heterocycles. The number of aromatic amines is 1. The van der Waals surface area contributed by atoms with Crippen molar-refractivity contribution in [1.29, 1.82) is 0 Å². The molecule has 0 fully saturated rings. The minimum atomic E-state index is -4.53. The molecule has 0 bridgehead atoms. The number of nitrogens with zero attached hydrogens (tertiary/aromatic N) is 3. The van der Waals surface area contributed by atoms with E-state index >= 15 is 0 Å². The van der Waals surface area contributed by atoms with Crippen LogP contribution in [0.15, 0.2) is 72.9 Å². The van der Waals surface area contributed by atoms with Crippen LogP contribution in [0.3, 0.4) is 0 Å². The summed E-state index contributed by atoms with van der Waals surface area (Å²) in [6.07, 6.45) is -2.71. The van der Waals surface area contributed by atoms with E-state index in [-0.39, 0.29) is 5.65 Å². The third-order valence-electron chi connectivity index (χ3n) is 4.62. The van der Waals surface area contributed by atoms with Gasteiger partial charge in [-0.15, -0.1) is 0 Å². The number of imidazole rings is 1. The SMILES string of the molecule is FC(F)(F)c1ccc2nc(-c3ccccc3)n(-c3ccc4[nH]ccc4c3)c2n1. The van der Waals surface area contributed by atoms with E-state index in [1.807, 2.05) is 60.8 Å². The predicted octanol–water partition coefficient (Wildman–Crippen LogP) is 5.59. The molecule has 3 heterocycles. The lowest BCUT2D eigenvalue weighted by molar-refractivity contribution is -0.141. The lowest BCUT2D eigenvalue weighted by Gasteiger charge is -2.10. The van der Waals surface area contributed by atoms with Gasteiger partial charge >= 0.3 is 6.18 Å². The summed E-state index contributed by atoms with van der Waals surface area (Å²) in [4.78, 5) is 11.6. The summed E-state index contributed by atoms with van der Waals surface area (Å²) >= 11 is 0. The molecule has 4 nitrogen and oxygen atoms in total. The maximum absolute atomic E-state index is 13.3. The average molecular weight is 378 g/mol. The third-order valence-corrected chi connectivity index (χ3v) is 4.62.